The summed E-state index contributed by atoms with van der Waals surface area (Å²) in [5.74, 6) is 2.17. The number of benzene rings is 2. The maximum Gasteiger partial charge on any atom is 0.224 e. The molecule has 4 rings (SSSR count). The lowest BCUT2D eigenvalue weighted by Crippen LogP contribution is -2.37. The summed E-state index contributed by atoms with van der Waals surface area (Å²) >= 11 is 0. The number of nitrogens with one attached hydrogen (secondary N) is 2. The predicted octanol–water partition coefficient (Wildman–Crippen LogP) is 5.04. The number of hydrogen-bond donors (Lipinski definition) is 2. The van der Waals surface area contributed by atoms with E-state index in [-0.39, 0.29) is 29.8 Å². The second-order valence-corrected chi connectivity index (χ2v) is 7.53. The third-order valence-electron chi connectivity index (χ3n) is 5.23. The van der Waals surface area contributed by atoms with Gasteiger partial charge in [0.05, 0.1) is 11.0 Å². The van der Waals surface area contributed by atoms with Crippen LogP contribution in [0.3, 0.4) is 0 Å². The highest BCUT2D eigenvalue weighted by molar-refractivity contribution is 14.0. The van der Waals surface area contributed by atoms with Crippen LogP contribution in [0.15, 0.2) is 71.9 Å². The number of aryl methyl sites for hydroxylation is 2. The molecule has 0 aliphatic rings. The largest absolute Gasteiger partial charge is 0.439 e. The Balaban J connectivity index is 0.00000324. The topological polar surface area (TPSA) is 76.4 Å². The highest BCUT2D eigenvalue weighted by atomic mass is 127. The summed E-state index contributed by atoms with van der Waals surface area (Å²) in [7, 11) is 1.73. The number of guanidine groups is 1. The molecule has 0 spiro atoms. The molecule has 0 radical (unpaired) electrons. The Morgan fingerprint density at radius 1 is 1.09 bits per heavy atom. The minimum absolute atomic E-state index is 0. The number of pyridine rings is 1. The third-order valence-corrected chi connectivity index (χ3v) is 5.23. The second-order valence-electron chi connectivity index (χ2n) is 7.53. The van der Waals surface area contributed by atoms with Crippen LogP contribution in [0.5, 0.6) is 11.6 Å². The number of ether oxygens (including phenoxy) is 1. The molecule has 0 saturated carbocycles. The molecule has 2 aromatic heterocycles. The zero-order valence-corrected chi connectivity index (χ0v) is 21.5. The first-order chi connectivity index (χ1) is 16.1. The van der Waals surface area contributed by atoms with Gasteiger partial charge in [-0.1, -0.05) is 24.3 Å². The van der Waals surface area contributed by atoms with Crippen LogP contribution in [0.25, 0.3) is 11.0 Å². The van der Waals surface area contributed by atoms with Gasteiger partial charge < -0.3 is 19.9 Å². The van der Waals surface area contributed by atoms with Gasteiger partial charge in [0.1, 0.15) is 17.4 Å². The fourth-order valence-corrected chi connectivity index (χ4v) is 3.61. The fraction of sp³-hybridized carbons (Fsp3) is 0.240. The molecule has 0 aliphatic heterocycles. The molecule has 2 heterocycles. The van der Waals surface area contributed by atoms with Crippen LogP contribution in [0.2, 0.25) is 0 Å². The van der Waals surface area contributed by atoms with Gasteiger partial charge in [0.2, 0.25) is 5.88 Å². The van der Waals surface area contributed by atoms with Gasteiger partial charge in [0, 0.05) is 44.5 Å². The van der Waals surface area contributed by atoms with Crippen molar-refractivity contribution in [1.82, 2.24) is 25.2 Å². The van der Waals surface area contributed by atoms with E-state index in [1.807, 2.05) is 37.3 Å². The van der Waals surface area contributed by atoms with Gasteiger partial charge in [-0.25, -0.2) is 14.4 Å². The molecule has 4 aromatic rings. The Bertz CT molecular complexity index is 1260. The van der Waals surface area contributed by atoms with Crippen molar-refractivity contribution < 1.29 is 9.13 Å². The average Bonchev–Trinajstić information content (AvgIpc) is 3.14. The number of para-hydroxylation sites is 2. The lowest BCUT2D eigenvalue weighted by Gasteiger charge is -2.14. The Morgan fingerprint density at radius 2 is 1.94 bits per heavy atom. The summed E-state index contributed by atoms with van der Waals surface area (Å²) < 4.78 is 21.5. The van der Waals surface area contributed by atoms with E-state index in [9.17, 15) is 4.39 Å². The molecule has 0 bridgehead atoms. The quantitative estimate of drug-likeness (QED) is 0.134. The van der Waals surface area contributed by atoms with E-state index in [1.54, 1.807) is 25.4 Å². The summed E-state index contributed by atoms with van der Waals surface area (Å²) in [6, 6.07) is 17.9. The van der Waals surface area contributed by atoms with Crippen molar-refractivity contribution >= 4 is 41.0 Å². The van der Waals surface area contributed by atoms with Gasteiger partial charge in [-0.3, -0.25) is 4.99 Å². The summed E-state index contributed by atoms with van der Waals surface area (Å²) in [5, 5.41) is 6.62. The number of aliphatic imine (C=N–C) groups is 1. The van der Waals surface area contributed by atoms with Crippen LogP contribution < -0.4 is 15.4 Å². The maximum atomic E-state index is 13.5. The molecule has 0 unspecified atom stereocenters. The monoisotopic (exact) mass is 574 g/mol. The van der Waals surface area contributed by atoms with Crippen LogP contribution in [-0.2, 0) is 13.1 Å². The van der Waals surface area contributed by atoms with Crippen molar-refractivity contribution in [2.75, 3.05) is 13.6 Å². The average molecular weight is 574 g/mol. The van der Waals surface area contributed by atoms with Crippen LogP contribution in [0.1, 0.15) is 17.8 Å². The number of hydrogen-bond acceptors (Lipinski definition) is 4. The van der Waals surface area contributed by atoms with Gasteiger partial charge >= 0.3 is 0 Å². The van der Waals surface area contributed by atoms with Crippen molar-refractivity contribution in [1.29, 1.82) is 0 Å². The molecular formula is C25H28FIN6O. The van der Waals surface area contributed by atoms with E-state index in [0.717, 1.165) is 41.9 Å². The van der Waals surface area contributed by atoms with Gasteiger partial charge in [-0.05, 0) is 43.7 Å². The molecule has 0 aliphatic carbocycles. The summed E-state index contributed by atoms with van der Waals surface area (Å²) in [4.78, 5) is 13.2. The number of aromatic nitrogens is 3. The molecule has 0 amide bonds. The van der Waals surface area contributed by atoms with E-state index in [0.29, 0.717) is 24.1 Å². The molecule has 0 saturated heterocycles. The highest BCUT2D eigenvalue weighted by Crippen LogP contribution is 2.23. The van der Waals surface area contributed by atoms with Crippen LogP contribution in [0.4, 0.5) is 4.39 Å². The number of halogens is 2. The Labute approximate surface area is 215 Å². The smallest absolute Gasteiger partial charge is 0.224 e. The van der Waals surface area contributed by atoms with Crippen LogP contribution in [0, 0.1) is 12.7 Å². The lowest BCUT2D eigenvalue weighted by molar-refractivity contribution is 0.450. The molecule has 0 atom stereocenters. The predicted molar refractivity (Wildman–Crippen MR) is 143 cm³/mol. The first-order valence-electron chi connectivity index (χ1n) is 10.9. The molecule has 2 aromatic carbocycles. The molecule has 0 fully saturated rings. The molecular weight excluding hydrogens is 546 g/mol. The van der Waals surface area contributed by atoms with Gasteiger partial charge in [0.25, 0.3) is 0 Å². The van der Waals surface area contributed by atoms with E-state index in [4.69, 9.17) is 4.74 Å². The molecule has 34 heavy (non-hydrogen) atoms. The van der Waals surface area contributed by atoms with Crippen molar-refractivity contribution in [2.45, 2.75) is 26.4 Å². The number of fused-ring (bicyclic) bond motifs is 1. The zero-order chi connectivity index (χ0) is 23.0. The van der Waals surface area contributed by atoms with E-state index >= 15 is 0 Å². The first kappa shape index (κ1) is 25.4. The van der Waals surface area contributed by atoms with Crippen molar-refractivity contribution in [3.63, 3.8) is 0 Å². The summed E-state index contributed by atoms with van der Waals surface area (Å²) in [6.07, 6.45) is 2.57. The van der Waals surface area contributed by atoms with Crippen molar-refractivity contribution in [2.24, 2.45) is 4.99 Å². The normalized spacial score (nSPS) is 11.2. The van der Waals surface area contributed by atoms with E-state index in [2.05, 4.69) is 36.2 Å². The maximum absolute atomic E-state index is 13.5. The van der Waals surface area contributed by atoms with Crippen molar-refractivity contribution in [3.05, 3.63) is 84.1 Å². The Kier molecular flexibility index (Phi) is 9.20. The molecule has 178 valence electrons. The van der Waals surface area contributed by atoms with Gasteiger partial charge in [-0.15, -0.1) is 24.0 Å². The fourth-order valence-electron chi connectivity index (χ4n) is 3.61. The molecule has 2 N–H and O–H groups in total. The van der Waals surface area contributed by atoms with E-state index in [1.165, 1.54) is 12.1 Å². The first-order valence-corrected chi connectivity index (χ1v) is 10.9. The number of rotatable bonds is 8. The van der Waals surface area contributed by atoms with Crippen LogP contribution in [-0.4, -0.2) is 34.1 Å². The lowest BCUT2D eigenvalue weighted by atomic mass is 10.2. The van der Waals surface area contributed by atoms with Crippen LogP contribution >= 0.6 is 24.0 Å². The number of imidazole rings is 1. The Morgan fingerprint density at radius 3 is 2.76 bits per heavy atom. The van der Waals surface area contributed by atoms with E-state index < -0.39 is 0 Å². The Hall–Kier alpha value is -3.21. The summed E-state index contributed by atoms with van der Waals surface area (Å²) in [6.45, 7) is 4.12. The SMILES string of the molecule is CN=C(NCCCn1c(C)nc2ccccc21)NCc1cccnc1Oc1cccc(F)c1.I. The standard InChI is InChI=1S/C25H27FN6O.HI/c1-18-31-22-11-3-4-12-23(22)32(18)15-7-14-29-25(27-2)30-17-19-8-6-13-28-24(19)33-21-10-5-9-20(26)16-21;/h3-6,8-13,16H,7,14-15,17H2,1-2H3,(H2,27,29,30);1H. The van der Waals surface area contributed by atoms with Crippen molar-refractivity contribution in [3.8, 4) is 11.6 Å². The van der Waals surface area contributed by atoms with Gasteiger partial charge in [0.15, 0.2) is 5.96 Å². The molecule has 7 nitrogen and oxygen atoms in total. The number of nitrogens with zero attached hydrogens (tertiary/aromatic N) is 4. The minimum atomic E-state index is -0.355. The minimum Gasteiger partial charge on any atom is -0.439 e. The summed E-state index contributed by atoms with van der Waals surface area (Å²) in [5.41, 5.74) is 3.01. The molecule has 9 heteroatoms. The second kappa shape index (κ2) is 12.3. The highest BCUT2D eigenvalue weighted by Gasteiger charge is 2.09. The third kappa shape index (κ3) is 6.43. The van der Waals surface area contributed by atoms with Gasteiger partial charge in [-0.2, -0.15) is 0 Å². The zero-order valence-electron chi connectivity index (χ0n) is 19.2.